The van der Waals surface area contributed by atoms with E-state index in [0.717, 1.165) is 0 Å². The highest BCUT2D eigenvalue weighted by atomic mass is 19.1. The van der Waals surface area contributed by atoms with Crippen LogP contribution in [0.2, 0.25) is 0 Å². The first kappa shape index (κ1) is 22.5. The molecule has 1 aliphatic rings. The number of carbonyl (C=O) groups is 2. The molecule has 3 rings (SSSR count). The van der Waals surface area contributed by atoms with E-state index in [4.69, 9.17) is 9.47 Å². The molecule has 0 saturated carbocycles. The Morgan fingerprint density at radius 1 is 1.16 bits per heavy atom. The van der Waals surface area contributed by atoms with E-state index in [1.807, 2.05) is 13.8 Å². The maximum atomic E-state index is 13.5. The highest BCUT2D eigenvalue weighted by molar-refractivity contribution is 6.46. The van der Waals surface area contributed by atoms with E-state index in [1.54, 1.807) is 24.3 Å². The van der Waals surface area contributed by atoms with Crippen LogP contribution >= 0.6 is 0 Å². The minimum atomic E-state index is -0.828. The van der Waals surface area contributed by atoms with Crippen LogP contribution < -0.4 is 4.74 Å². The molecule has 1 aliphatic heterocycles. The van der Waals surface area contributed by atoms with Crippen molar-refractivity contribution in [3.05, 3.63) is 71.0 Å². The van der Waals surface area contributed by atoms with E-state index < -0.39 is 23.5 Å². The van der Waals surface area contributed by atoms with Crippen LogP contribution in [0.15, 0.2) is 54.1 Å². The van der Waals surface area contributed by atoms with Crippen molar-refractivity contribution in [3.8, 4) is 5.75 Å². The van der Waals surface area contributed by atoms with Crippen molar-refractivity contribution >= 4 is 17.4 Å². The van der Waals surface area contributed by atoms with Gasteiger partial charge in [-0.1, -0.05) is 24.3 Å². The van der Waals surface area contributed by atoms with Crippen LogP contribution in [-0.4, -0.2) is 48.1 Å². The average Bonchev–Trinajstić information content (AvgIpc) is 3.01. The number of nitrogens with zero attached hydrogens (tertiary/aromatic N) is 1. The van der Waals surface area contributed by atoms with Gasteiger partial charge in [-0.3, -0.25) is 9.59 Å². The lowest BCUT2D eigenvalue weighted by molar-refractivity contribution is -0.140. The van der Waals surface area contributed by atoms with Crippen LogP contribution in [-0.2, 0) is 14.3 Å². The number of amides is 1. The molecule has 0 spiro atoms. The number of rotatable bonds is 8. The summed E-state index contributed by atoms with van der Waals surface area (Å²) in [4.78, 5) is 27.2. The Kier molecular flexibility index (Phi) is 7.07. The summed E-state index contributed by atoms with van der Waals surface area (Å²) in [5.74, 6) is -1.71. The molecule has 7 heteroatoms. The van der Waals surface area contributed by atoms with E-state index in [-0.39, 0.29) is 24.0 Å². The summed E-state index contributed by atoms with van der Waals surface area (Å²) in [6, 6.07) is 11.3. The van der Waals surface area contributed by atoms with Crippen molar-refractivity contribution in [2.75, 3.05) is 20.3 Å². The third-order valence-corrected chi connectivity index (χ3v) is 5.06. The lowest BCUT2D eigenvalue weighted by Gasteiger charge is -2.25. The van der Waals surface area contributed by atoms with Gasteiger partial charge < -0.3 is 19.5 Å². The second-order valence-electron chi connectivity index (χ2n) is 7.55. The van der Waals surface area contributed by atoms with Crippen LogP contribution in [0.1, 0.15) is 37.4 Å². The lowest BCUT2D eigenvalue weighted by Crippen LogP contribution is -2.31. The molecule has 0 bridgehead atoms. The van der Waals surface area contributed by atoms with Crippen LogP contribution in [0.25, 0.3) is 5.76 Å². The van der Waals surface area contributed by atoms with Crippen LogP contribution in [0, 0.1) is 5.82 Å². The molecule has 6 nitrogen and oxygen atoms in total. The quantitative estimate of drug-likeness (QED) is 0.297. The molecule has 1 atom stereocenters. The fourth-order valence-electron chi connectivity index (χ4n) is 3.58. The molecule has 0 aliphatic carbocycles. The van der Waals surface area contributed by atoms with Crippen molar-refractivity contribution in [2.24, 2.45) is 0 Å². The summed E-state index contributed by atoms with van der Waals surface area (Å²) in [6.45, 7) is 4.51. The lowest BCUT2D eigenvalue weighted by atomic mass is 9.95. The highest BCUT2D eigenvalue weighted by Gasteiger charge is 2.45. The standard InChI is InChI=1S/C24H26FNO5/c1-15(2)31-13-5-12-26-21(16-8-10-18(25)11-9-16)20(23(28)24(26)29)22(27)17-6-4-7-19(14-17)30-3/h4,6-11,14-15,21,27H,5,12-13H2,1-3H3/b22-20-. The zero-order valence-electron chi connectivity index (χ0n) is 17.8. The van der Waals surface area contributed by atoms with Gasteiger partial charge >= 0.3 is 0 Å². The van der Waals surface area contributed by atoms with Gasteiger partial charge in [-0.25, -0.2) is 4.39 Å². The molecule has 1 N–H and O–H groups in total. The van der Waals surface area contributed by atoms with Gasteiger partial charge in [0.2, 0.25) is 0 Å². The normalized spacial score (nSPS) is 18.1. The molecule has 164 valence electrons. The Morgan fingerprint density at radius 3 is 2.52 bits per heavy atom. The first-order valence-electron chi connectivity index (χ1n) is 10.1. The van der Waals surface area contributed by atoms with Gasteiger partial charge in [0.05, 0.1) is 24.8 Å². The summed E-state index contributed by atoms with van der Waals surface area (Å²) in [5, 5.41) is 11.0. The van der Waals surface area contributed by atoms with E-state index in [1.165, 1.54) is 36.3 Å². The number of Topliss-reactive ketones (excluding diaryl/α,β-unsaturated/α-hetero) is 1. The third kappa shape index (κ3) is 4.94. The van der Waals surface area contributed by atoms with Gasteiger partial charge in [0.25, 0.3) is 11.7 Å². The monoisotopic (exact) mass is 427 g/mol. The first-order valence-corrected chi connectivity index (χ1v) is 10.1. The molecule has 1 unspecified atom stereocenters. The van der Waals surface area contributed by atoms with Gasteiger partial charge in [-0.05, 0) is 50.1 Å². The molecule has 1 fully saturated rings. The van der Waals surface area contributed by atoms with Crippen molar-refractivity contribution in [2.45, 2.75) is 32.4 Å². The van der Waals surface area contributed by atoms with Crippen LogP contribution in [0.3, 0.4) is 0 Å². The molecular formula is C24H26FNO5. The Balaban J connectivity index is 2.03. The molecule has 2 aromatic rings. The smallest absolute Gasteiger partial charge is 0.295 e. The van der Waals surface area contributed by atoms with E-state index in [0.29, 0.717) is 29.9 Å². The molecule has 31 heavy (non-hydrogen) atoms. The number of hydrogen-bond acceptors (Lipinski definition) is 5. The fraction of sp³-hybridized carbons (Fsp3) is 0.333. The van der Waals surface area contributed by atoms with Gasteiger partial charge in [0, 0.05) is 18.7 Å². The second-order valence-corrected chi connectivity index (χ2v) is 7.55. The average molecular weight is 427 g/mol. The Hall–Kier alpha value is -3.19. The number of benzene rings is 2. The molecule has 2 aromatic carbocycles. The number of aliphatic hydroxyl groups is 1. The number of halogens is 1. The van der Waals surface area contributed by atoms with Crippen LogP contribution in [0.5, 0.6) is 5.75 Å². The Bertz CT molecular complexity index is 984. The summed E-state index contributed by atoms with van der Waals surface area (Å²) in [7, 11) is 1.50. The summed E-state index contributed by atoms with van der Waals surface area (Å²) in [6.07, 6.45) is 0.568. The van der Waals surface area contributed by atoms with Crippen molar-refractivity contribution < 1.29 is 28.6 Å². The molecule has 0 aromatic heterocycles. The van der Waals surface area contributed by atoms with Crippen molar-refractivity contribution in [1.29, 1.82) is 0 Å². The second kappa shape index (κ2) is 9.75. The topological polar surface area (TPSA) is 76.1 Å². The number of aliphatic hydroxyl groups excluding tert-OH is 1. The van der Waals surface area contributed by atoms with Gasteiger partial charge in [-0.15, -0.1) is 0 Å². The predicted molar refractivity (Wildman–Crippen MR) is 114 cm³/mol. The summed E-state index contributed by atoms with van der Waals surface area (Å²) < 4.78 is 24.2. The SMILES string of the molecule is COc1cccc(/C(O)=C2/C(=O)C(=O)N(CCCOC(C)C)C2c2ccc(F)cc2)c1. The summed E-state index contributed by atoms with van der Waals surface area (Å²) >= 11 is 0. The Morgan fingerprint density at radius 2 is 1.87 bits per heavy atom. The minimum absolute atomic E-state index is 0.0327. The largest absolute Gasteiger partial charge is 0.507 e. The minimum Gasteiger partial charge on any atom is -0.507 e. The Labute approximate surface area is 180 Å². The third-order valence-electron chi connectivity index (χ3n) is 5.06. The van der Waals surface area contributed by atoms with Crippen molar-refractivity contribution in [3.63, 3.8) is 0 Å². The maximum absolute atomic E-state index is 13.5. The first-order chi connectivity index (χ1) is 14.8. The van der Waals surface area contributed by atoms with Gasteiger partial charge in [0.1, 0.15) is 17.3 Å². The van der Waals surface area contributed by atoms with Crippen LogP contribution in [0.4, 0.5) is 4.39 Å². The maximum Gasteiger partial charge on any atom is 0.295 e. The molecule has 1 saturated heterocycles. The number of likely N-dealkylation sites (tertiary alicyclic amines) is 1. The van der Waals surface area contributed by atoms with Crippen molar-refractivity contribution in [1.82, 2.24) is 4.90 Å². The number of methoxy groups -OCH3 is 1. The number of carbonyl (C=O) groups excluding carboxylic acids is 2. The number of ketones is 1. The fourth-order valence-corrected chi connectivity index (χ4v) is 3.58. The molecule has 1 amide bonds. The number of hydrogen-bond donors (Lipinski definition) is 1. The number of ether oxygens (including phenoxy) is 2. The predicted octanol–water partition coefficient (Wildman–Crippen LogP) is 4.07. The summed E-state index contributed by atoms with van der Waals surface area (Å²) in [5.41, 5.74) is 0.858. The molecular weight excluding hydrogens is 401 g/mol. The van der Waals surface area contributed by atoms with E-state index in [9.17, 15) is 19.1 Å². The zero-order chi connectivity index (χ0) is 22.5. The van der Waals surface area contributed by atoms with E-state index in [2.05, 4.69) is 0 Å². The van der Waals surface area contributed by atoms with Gasteiger partial charge in [-0.2, -0.15) is 0 Å². The van der Waals surface area contributed by atoms with E-state index >= 15 is 0 Å². The molecule has 0 radical (unpaired) electrons. The molecule has 1 heterocycles. The van der Waals surface area contributed by atoms with Gasteiger partial charge in [0.15, 0.2) is 0 Å². The zero-order valence-corrected chi connectivity index (χ0v) is 17.8. The highest BCUT2D eigenvalue weighted by Crippen LogP contribution is 2.39.